The highest BCUT2D eigenvalue weighted by molar-refractivity contribution is 9.10. The molecule has 0 aromatic heterocycles. The minimum Gasteiger partial charge on any atom is -0.481 e. The maximum absolute atomic E-state index is 11.3. The summed E-state index contributed by atoms with van der Waals surface area (Å²) in [4.78, 5) is 11.3. The first-order valence-corrected chi connectivity index (χ1v) is 5.80. The molecule has 1 rings (SSSR count). The highest BCUT2D eigenvalue weighted by Gasteiger charge is 2.35. The quantitative estimate of drug-likeness (QED) is 0.908. The highest BCUT2D eigenvalue weighted by Crippen LogP contribution is 2.34. The molecule has 0 saturated heterocycles. The van der Waals surface area contributed by atoms with E-state index >= 15 is 0 Å². The Morgan fingerprint density at radius 2 is 2.07 bits per heavy atom. The zero-order valence-corrected chi connectivity index (χ0v) is 10.5. The average Bonchev–Trinajstić information content (AvgIpc) is 2.18. The molecule has 0 amide bonds. The second-order valence-corrected chi connectivity index (χ2v) is 4.72. The molecule has 15 heavy (non-hydrogen) atoms. The zero-order chi connectivity index (χ0) is 11.5. The number of hydrogen-bond donors (Lipinski definition) is 1. The maximum Gasteiger partial charge on any atom is 0.313 e. The van der Waals surface area contributed by atoms with Crippen molar-refractivity contribution < 1.29 is 9.90 Å². The molecule has 1 aromatic carbocycles. The number of halogens is 1. The van der Waals surface area contributed by atoms with Gasteiger partial charge in [-0.2, -0.15) is 0 Å². The van der Waals surface area contributed by atoms with Gasteiger partial charge in [0.05, 0.1) is 5.41 Å². The van der Waals surface area contributed by atoms with E-state index in [-0.39, 0.29) is 0 Å². The molecule has 0 bridgehead atoms. The molecule has 0 spiro atoms. The van der Waals surface area contributed by atoms with Crippen LogP contribution in [0.2, 0.25) is 0 Å². The van der Waals surface area contributed by atoms with E-state index in [0.29, 0.717) is 6.42 Å². The lowest BCUT2D eigenvalue weighted by atomic mass is 9.79. The first-order chi connectivity index (χ1) is 7.02. The van der Waals surface area contributed by atoms with Crippen LogP contribution in [0, 0.1) is 0 Å². The molecule has 0 saturated carbocycles. The van der Waals surface area contributed by atoms with E-state index in [1.165, 1.54) is 0 Å². The van der Waals surface area contributed by atoms with Crippen LogP contribution in [0.5, 0.6) is 0 Å². The molecule has 1 unspecified atom stereocenters. The molecule has 1 aromatic rings. The van der Waals surface area contributed by atoms with Crippen LogP contribution in [-0.2, 0) is 10.2 Å². The lowest BCUT2D eigenvalue weighted by molar-refractivity contribution is -0.143. The highest BCUT2D eigenvalue weighted by atomic mass is 79.9. The fraction of sp³-hybridized carbons (Fsp3) is 0.417. The number of carboxylic acid groups (broad SMARTS) is 1. The Labute approximate surface area is 98.4 Å². The van der Waals surface area contributed by atoms with Gasteiger partial charge in [0, 0.05) is 4.47 Å². The molecule has 0 aliphatic rings. The first kappa shape index (κ1) is 12.2. The molecule has 0 fully saturated rings. The number of carboxylic acids is 1. The van der Waals surface area contributed by atoms with Crippen LogP contribution in [0.15, 0.2) is 28.7 Å². The van der Waals surface area contributed by atoms with Gasteiger partial charge in [-0.15, -0.1) is 0 Å². The fourth-order valence-electron chi connectivity index (χ4n) is 1.77. The van der Waals surface area contributed by atoms with Crippen molar-refractivity contribution in [1.82, 2.24) is 0 Å². The van der Waals surface area contributed by atoms with E-state index in [1.54, 1.807) is 6.92 Å². The Morgan fingerprint density at radius 1 is 1.47 bits per heavy atom. The monoisotopic (exact) mass is 270 g/mol. The molecular weight excluding hydrogens is 256 g/mol. The van der Waals surface area contributed by atoms with Crippen molar-refractivity contribution >= 4 is 21.9 Å². The van der Waals surface area contributed by atoms with Crippen LogP contribution in [0.4, 0.5) is 0 Å². The van der Waals surface area contributed by atoms with Crippen LogP contribution in [0.3, 0.4) is 0 Å². The molecule has 0 radical (unpaired) electrons. The molecule has 3 heteroatoms. The summed E-state index contributed by atoms with van der Waals surface area (Å²) < 4.78 is 0.864. The van der Waals surface area contributed by atoms with Gasteiger partial charge >= 0.3 is 5.97 Å². The number of hydrogen-bond acceptors (Lipinski definition) is 1. The molecular formula is C12H15BrO2. The minimum atomic E-state index is -0.797. The second kappa shape index (κ2) is 4.79. The fourth-order valence-corrected chi connectivity index (χ4v) is 2.49. The lowest BCUT2D eigenvalue weighted by Crippen LogP contribution is -2.32. The van der Waals surface area contributed by atoms with Gasteiger partial charge in [0.15, 0.2) is 0 Å². The summed E-state index contributed by atoms with van der Waals surface area (Å²) in [5, 5.41) is 9.32. The Bertz CT molecular complexity index is 362. The molecule has 0 heterocycles. The van der Waals surface area contributed by atoms with Crippen molar-refractivity contribution in [2.75, 3.05) is 0 Å². The third kappa shape index (κ3) is 2.40. The van der Waals surface area contributed by atoms with Gasteiger partial charge in [0.25, 0.3) is 0 Å². The molecule has 2 nitrogen and oxygen atoms in total. The largest absolute Gasteiger partial charge is 0.481 e. The van der Waals surface area contributed by atoms with Gasteiger partial charge in [-0.3, -0.25) is 4.79 Å². The normalized spacial score (nSPS) is 14.6. The lowest BCUT2D eigenvalue weighted by Gasteiger charge is -2.25. The van der Waals surface area contributed by atoms with Crippen LogP contribution in [0.25, 0.3) is 0 Å². The van der Waals surface area contributed by atoms with Gasteiger partial charge < -0.3 is 5.11 Å². The van der Waals surface area contributed by atoms with E-state index in [1.807, 2.05) is 31.2 Å². The molecule has 0 aliphatic heterocycles. The van der Waals surface area contributed by atoms with E-state index in [2.05, 4.69) is 15.9 Å². The Balaban J connectivity index is 3.21. The van der Waals surface area contributed by atoms with Crippen LogP contribution < -0.4 is 0 Å². The van der Waals surface area contributed by atoms with Gasteiger partial charge in [-0.1, -0.05) is 47.5 Å². The van der Waals surface area contributed by atoms with Crippen molar-refractivity contribution in [3.63, 3.8) is 0 Å². The number of benzene rings is 1. The zero-order valence-electron chi connectivity index (χ0n) is 8.96. The third-order valence-electron chi connectivity index (χ3n) is 2.69. The minimum absolute atomic E-state index is 0.644. The molecule has 1 N–H and O–H groups in total. The van der Waals surface area contributed by atoms with E-state index < -0.39 is 11.4 Å². The van der Waals surface area contributed by atoms with Gasteiger partial charge in [0.2, 0.25) is 0 Å². The van der Waals surface area contributed by atoms with Gasteiger partial charge in [0.1, 0.15) is 0 Å². The Kier molecular flexibility index (Phi) is 3.91. The van der Waals surface area contributed by atoms with Crippen LogP contribution in [-0.4, -0.2) is 11.1 Å². The van der Waals surface area contributed by atoms with Crippen molar-refractivity contribution in [1.29, 1.82) is 0 Å². The summed E-state index contributed by atoms with van der Waals surface area (Å²) >= 11 is 3.41. The van der Waals surface area contributed by atoms with Crippen LogP contribution >= 0.6 is 15.9 Å². The third-order valence-corrected chi connectivity index (χ3v) is 3.38. The Hall–Kier alpha value is -0.830. The molecule has 0 aliphatic carbocycles. The summed E-state index contributed by atoms with van der Waals surface area (Å²) in [6.07, 6.45) is 1.50. The summed E-state index contributed by atoms with van der Waals surface area (Å²) in [5.74, 6) is -0.767. The predicted octanol–water partition coefficient (Wildman–Crippen LogP) is 3.59. The van der Waals surface area contributed by atoms with Crippen molar-refractivity contribution in [3.8, 4) is 0 Å². The van der Waals surface area contributed by atoms with Crippen molar-refractivity contribution in [2.24, 2.45) is 0 Å². The predicted molar refractivity (Wildman–Crippen MR) is 64.0 cm³/mol. The van der Waals surface area contributed by atoms with Crippen molar-refractivity contribution in [2.45, 2.75) is 32.1 Å². The summed E-state index contributed by atoms with van der Waals surface area (Å²) in [5.41, 5.74) is 0.0498. The second-order valence-electron chi connectivity index (χ2n) is 3.87. The van der Waals surface area contributed by atoms with Gasteiger partial charge in [-0.05, 0) is 25.0 Å². The Morgan fingerprint density at radius 3 is 2.53 bits per heavy atom. The summed E-state index contributed by atoms with van der Waals surface area (Å²) in [7, 11) is 0. The summed E-state index contributed by atoms with van der Waals surface area (Å²) in [6, 6.07) is 7.51. The smallest absolute Gasteiger partial charge is 0.313 e. The topological polar surface area (TPSA) is 37.3 Å². The SMILES string of the molecule is CCCC(C)(C(=O)O)c1ccccc1Br. The van der Waals surface area contributed by atoms with Crippen molar-refractivity contribution in [3.05, 3.63) is 34.3 Å². The van der Waals surface area contributed by atoms with Gasteiger partial charge in [-0.25, -0.2) is 0 Å². The van der Waals surface area contributed by atoms with Crippen LogP contribution in [0.1, 0.15) is 32.3 Å². The first-order valence-electron chi connectivity index (χ1n) is 5.00. The maximum atomic E-state index is 11.3. The van der Waals surface area contributed by atoms with E-state index in [4.69, 9.17) is 0 Å². The number of rotatable bonds is 4. The van der Waals surface area contributed by atoms with E-state index in [0.717, 1.165) is 16.5 Å². The average molecular weight is 271 g/mol. The van der Waals surface area contributed by atoms with E-state index in [9.17, 15) is 9.90 Å². The molecule has 1 atom stereocenters. The number of carbonyl (C=O) groups is 1. The standard InChI is InChI=1S/C12H15BrO2/c1-3-8-12(2,11(14)15)9-6-4-5-7-10(9)13/h4-7H,3,8H2,1-2H3,(H,14,15). The number of aliphatic carboxylic acids is 1. The summed E-state index contributed by atoms with van der Waals surface area (Å²) in [6.45, 7) is 3.77. The molecule has 82 valence electrons.